The van der Waals surface area contributed by atoms with Crippen molar-refractivity contribution in [2.45, 2.75) is 40.0 Å². The Morgan fingerprint density at radius 2 is 1.53 bits per heavy atom. The molecule has 1 unspecified atom stereocenters. The van der Waals surface area contributed by atoms with E-state index >= 15 is 0 Å². The molecule has 152 valence electrons. The zero-order chi connectivity index (χ0) is 21.4. The van der Waals surface area contributed by atoms with Gasteiger partial charge in [-0.1, -0.05) is 53.6 Å². The van der Waals surface area contributed by atoms with Crippen LogP contribution in [0, 0.1) is 13.8 Å². The van der Waals surface area contributed by atoms with Crippen molar-refractivity contribution in [3.05, 3.63) is 100 Å². The molecule has 2 heteroatoms. The number of allylic oxidation sites excluding steroid dienone is 4. The van der Waals surface area contributed by atoms with E-state index in [4.69, 9.17) is 11.5 Å². The first-order valence-corrected chi connectivity index (χ1v) is 10.6. The van der Waals surface area contributed by atoms with Gasteiger partial charge in [0.15, 0.2) is 0 Å². The van der Waals surface area contributed by atoms with Gasteiger partial charge in [0.05, 0.1) is 0 Å². The molecule has 0 fully saturated rings. The van der Waals surface area contributed by atoms with Crippen LogP contribution in [0.4, 0.5) is 11.4 Å². The number of anilines is 2. The second-order valence-electron chi connectivity index (χ2n) is 8.57. The fourth-order valence-corrected chi connectivity index (χ4v) is 4.77. The Morgan fingerprint density at radius 3 is 2.27 bits per heavy atom. The van der Waals surface area contributed by atoms with Gasteiger partial charge in [-0.3, -0.25) is 0 Å². The van der Waals surface area contributed by atoms with E-state index in [0.29, 0.717) is 5.92 Å². The number of benzene rings is 3. The summed E-state index contributed by atoms with van der Waals surface area (Å²) >= 11 is 0. The summed E-state index contributed by atoms with van der Waals surface area (Å²) in [7, 11) is 0. The molecule has 0 saturated heterocycles. The molecule has 0 heterocycles. The SMILES string of the molecule is CC1=CCC(c2cc(N)cc(-c3ccc(C)cc3C)c2)C(C)=C1c1cccc(N)c1. The van der Waals surface area contributed by atoms with Crippen LogP contribution in [0.5, 0.6) is 0 Å². The molecule has 0 amide bonds. The van der Waals surface area contributed by atoms with E-state index in [9.17, 15) is 0 Å². The van der Waals surface area contributed by atoms with E-state index in [0.717, 1.165) is 17.8 Å². The molecule has 2 nitrogen and oxygen atoms in total. The maximum Gasteiger partial charge on any atom is 0.0323 e. The van der Waals surface area contributed by atoms with Gasteiger partial charge in [0, 0.05) is 17.3 Å². The normalized spacial score (nSPS) is 16.5. The third-order valence-electron chi connectivity index (χ3n) is 6.22. The van der Waals surface area contributed by atoms with Gasteiger partial charge in [0.2, 0.25) is 0 Å². The quantitative estimate of drug-likeness (QED) is 0.468. The predicted octanol–water partition coefficient (Wildman–Crippen LogP) is 7.04. The molecule has 0 saturated carbocycles. The molecule has 0 spiro atoms. The van der Waals surface area contributed by atoms with Crippen LogP contribution in [-0.4, -0.2) is 0 Å². The molecule has 0 aromatic heterocycles. The van der Waals surface area contributed by atoms with Gasteiger partial charge in [-0.2, -0.15) is 0 Å². The second-order valence-corrected chi connectivity index (χ2v) is 8.57. The summed E-state index contributed by atoms with van der Waals surface area (Å²) in [5.41, 5.74) is 25.5. The maximum absolute atomic E-state index is 6.37. The molecule has 0 aliphatic heterocycles. The summed E-state index contributed by atoms with van der Waals surface area (Å²) in [5.74, 6) is 0.304. The lowest BCUT2D eigenvalue weighted by molar-refractivity contribution is 0.795. The lowest BCUT2D eigenvalue weighted by atomic mass is 9.77. The minimum absolute atomic E-state index is 0.304. The van der Waals surface area contributed by atoms with Crippen LogP contribution in [0.3, 0.4) is 0 Å². The molecule has 4 rings (SSSR count). The van der Waals surface area contributed by atoms with E-state index in [1.165, 1.54) is 50.1 Å². The third kappa shape index (κ3) is 3.78. The molecule has 1 atom stereocenters. The van der Waals surface area contributed by atoms with Crippen LogP contribution >= 0.6 is 0 Å². The summed E-state index contributed by atoms with van der Waals surface area (Å²) in [5, 5.41) is 0. The molecule has 1 aliphatic carbocycles. The standard InChI is InChI=1S/C28H30N2/c1-17-8-10-26(19(3)12-17)22-13-23(16-25(30)15-22)27-11-9-18(2)28(20(27)4)21-6-5-7-24(29)14-21/h5-10,12-16,27H,11,29-30H2,1-4H3. The highest BCUT2D eigenvalue weighted by molar-refractivity contribution is 5.84. The summed E-state index contributed by atoms with van der Waals surface area (Å²) in [6.07, 6.45) is 3.33. The van der Waals surface area contributed by atoms with Crippen molar-refractivity contribution in [3.8, 4) is 11.1 Å². The Hall–Kier alpha value is -3.26. The zero-order valence-corrected chi connectivity index (χ0v) is 18.3. The van der Waals surface area contributed by atoms with E-state index in [2.05, 4.69) is 82.3 Å². The van der Waals surface area contributed by atoms with Crippen LogP contribution in [0.1, 0.15) is 48.4 Å². The highest BCUT2D eigenvalue weighted by atomic mass is 14.5. The fourth-order valence-electron chi connectivity index (χ4n) is 4.77. The van der Waals surface area contributed by atoms with Crippen LogP contribution < -0.4 is 11.5 Å². The van der Waals surface area contributed by atoms with Gasteiger partial charge in [0.1, 0.15) is 0 Å². The van der Waals surface area contributed by atoms with E-state index in [1.54, 1.807) is 0 Å². The highest BCUT2D eigenvalue weighted by Crippen LogP contribution is 2.43. The average molecular weight is 395 g/mol. The molecule has 0 radical (unpaired) electrons. The van der Waals surface area contributed by atoms with Crippen LogP contribution in [-0.2, 0) is 0 Å². The molecular formula is C28H30N2. The lowest BCUT2D eigenvalue weighted by Crippen LogP contribution is -2.09. The van der Waals surface area contributed by atoms with Gasteiger partial charge in [-0.15, -0.1) is 0 Å². The van der Waals surface area contributed by atoms with Gasteiger partial charge in [0.25, 0.3) is 0 Å². The summed E-state index contributed by atoms with van der Waals surface area (Å²) in [6.45, 7) is 8.74. The minimum Gasteiger partial charge on any atom is -0.399 e. The summed E-state index contributed by atoms with van der Waals surface area (Å²) in [6, 6.07) is 21.3. The monoisotopic (exact) mass is 394 g/mol. The molecular weight excluding hydrogens is 364 g/mol. The highest BCUT2D eigenvalue weighted by Gasteiger charge is 2.23. The number of rotatable bonds is 3. The molecule has 0 bridgehead atoms. The van der Waals surface area contributed by atoms with Gasteiger partial charge in [-0.05, 0) is 97.3 Å². The maximum atomic E-state index is 6.37. The number of aryl methyl sites for hydroxylation is 2. The molecule has 30 heavy (non-hydrogen) atoms. The van der Waals surface area contributed by atoms with Crippen molar-refractivity contribution in [1.82, 2.24) is 0 Å². The third-order valence-corrected chi connectivity index (χ3v) is 6.22. The molecule has 1 aliphatic rings. The van der Waals surface area contributed by atoms with Crippen molar-refractivity contribution in [2.75, 3.05) is 11.5 Å². The van der Waals surface area contributed by atoms with Crippen molar-refractivity contribution >= 4 is 16.9 Å². The van der Waals surface area contributed by atoms with Crippen LogP contribution in [0.25, 0.3) is 16.7 Å². The Bertz CT molecular complexity index is 1180. The van der Waals surface area contributed by atoms with E-state index < -0.39 is 0 Å². The molecule has 3 aromatic rings. The minimum atomic E-state index is 0.304. The summed E-state index contributed by atoms with van der Waals surface area (Å²) in [4.78, 5) is 0. The first-order valence-electron chi connectivity index (χ1n) is 10.6. The van der Waals surface area contributed by atoms with E-state index in [-0.39, 0.29) is 0 Å². The van der Waals surface area contributed by atoms with Crippen molar-refractivity contribution in [2.24, 2.45) is 0 Å². The predicted molar refractivity (Wildman–Crippen MR) is 130 cm³/mol. The van der Waals surface area contributed by atoms with E-state index in [1.807, 2.05) is 12.1 Å². The Kier molecular flexibility index (Phi) is 5.26. The van der Waals surface area contributed by atoms with Crippen molar-refractivity contribution in [3.63, 3.8) is 0 Å². The molecule has 3 aromatic carbocycles. The fraction of sp³-hybridized carbons (Fsp3) is 0.214. The lowest BCUT2D eigenvalue weighted by Gasteiger charge is -2.27. The van der Waals surface area contributed by atoms with Crippen molar-refractivity contribution in [1.29, 1.82) is 0 Å². The number of nitrogens with two attached hydrogens (primary N) is 2. The first-order chi connectivity index (χ1) is 14.3. The van der Waals surface area contributed by atoms with Crippen molar-refractivity contribution < 1.29 is 0 Å². The summed E-state index contributed by atoms with van der Waals surface area (Å²) < 4.78 is 0. The Balaban J connectivity index is 1.81. The first kappa shape index (κ1) is 20.0. The van der Waals surface area contributed by atoms with Crippen LogP contribution in [0.15, 0.2) is 77.9 Å². The van der Waals surface area contributed by atoms with Gasteiger partial charge >= 0.3 is 0 Å². The molecule has 4 N–H and O–H groups in total. The van der Waals surface area contributed by atoms with Gasteiger partial charge in [-0.25, -0.2) is 0 Å². The topological polar surface area (TPSA) is 52.0 Å². The Morgan fingerprint density at radius 1 is 0.767 bits per heavy atom. The zero-order valence-electron chi connectivity index (χ0n) is 18.3. The second kappa shape index (κ2) is 7.87. The number of nitrogen functional groups attached to an aromatic ring is 2. The largest absolute Gasteiger partial charge is 0.399 e. The van der Waals surface area contributed by atoms with Crippen LogP contribution in [0.2, 0.25) is 0 Å². The smallest absolute Gasteiger partial charge is 0.0323 e. The Labute approximate surface area is 179 Å². The average Bonchev–Trinajstić information content (AvgIpc) is 2.67. The number of hydrogen-bond donors (Lipinski definition) is 2. The van der Waals surface area contributed by atoms with Gasteiger partial charge < -0.3 is 11.5 Å². The number of hydrogen-bond acceptors (Lipinski definition) is 2.